The van der Waals surface area contributed by atoms with Gasteiger partial charge in [-0.3, -0.25) is 4.90 Å². The monoisotopic (exact) mass is 295 g/mol. The minimum Gasteiger partial charge on any atom is -0.381 e. The fraction of sp³-hybridized carbons (Fsp3) is 0.571. The maximum Gasteiger partial charge on any atom is 0.238 e. The number of hydrogen-bond donors (Lipinski definition) is 2. The molecule has 20 heavy (non-hydrogen) atoms. The Labute approximate surface area is 120 Å². The quantitative estimate of drug-likeness (QED) is 0.880. The van der Waals surface area contributed by atoms with Crippen molar-refractivity contribution in [2.45, 2.75) is 49.2 Å². The van der Waals surface area contributed by atoms with E-state index < -0.39 is 10.0 Å². The first-order valence-corrected chi connectivity index (χ1v) is 8.63. The summed E-state index contributed by atoms with van der Waals surface area (Å²) in [5.74, 6) is 0. The van der Waals surface area contributed by atoms with E-state index in [0.29, 0.717) is 12.1 Å². The van der Waals surface area contributed by atoms with Crippen LogP contribution >= 0.6 is 0 Å². The third-order valence-corrected chi connectivity index (χ3v) is 5.12. The van der Waals surface area contributed by atoms with Crippen molar-refractivity contribution in [2.75, 3.05) is 11.9 Å². The zero-order chi connectivity index (χ0) is 14.3. The van der Waals surface area contributed by atoms with E-state index >= 15 is 0 Å². The minimum absolute atomic E-state index is 0.155. The number of nitrogens with zero attached hydrogens (tertiary/aromatic N) is 1. The van der Waals surface area contributed by atoms with Crippen LogP contribution in [0.3, 0.4) is 0 Å². The molecule has 0 bridgehead atoms. The first-order valence-electron chi connectivity index (χ1n) is 7.08. The molecule has 110 valence electrons. The van der Waals surface area contributed by atoms with Gasteiger partial charge in [-0.15, -0.1) is 0 Å². The highest BCUT2D eigenvalue weighted by Crippen LogP contribution is 2.34. The van der Waals surface area contributed by atoms with Crippen LogP contribution in [0.5, 0.6) is 0 Å². The van der Waals surface area contributed by atoms with Crippen molar-refractivity contribution in [3.63, 3.8) is 0 Å². The molecular formula is C14H21N3O2S. The molecular weight excluding hydrogens is 274 g/mol. The van der Waals surface area contributed by atoms with Crippen molar-refractivity contribution in [1.82, 2.24) is 4.90 Å². The molecule has 5 nitrogen and oxygen atoms in total. The molecule has 0 radical (unpaired) electrons. The molecule has 0 spiro atoms. The van der Waals surface area contributed by atoms with Crippen molar-refractivity contribution in [3.05, 3.63) is 24.3 Å². The summed E-state index contributed by atoms with van der Waals surface area (Å²) in [5.41, 5.74) is 0.951. The van der Waals surface area contributed by atoms with Gasteiger partial charge in [0.25, 0.3) is 0 Å². The molecule has 0 amide bonds. The van der Waals surface area contributed by atoms with E-state index in [9.17, 15) is 8.42 Å². The Kier molecular flexibility index (Phi) is 3.48. The topological polar surface area (TPSA) is 75.4 Å². The van der Waals surface area contributed by atoms with Gasteiger partial charge in [0.05, 0.1) is 4.90 Å². The number of benzene rings is 1. The molecule has 1 heterocycles. The standard InChI is InChI=1S/C14H21N3O2S/c1-10-8-12(9-17(10)13-4-5-13)16-11-2-6-14(7-3-11)20(15,18)19/h2-3,6-7,10,12-13,16H,4-5,8-9H2,1H3,(H2,15,18,19). The summed E-state index contributed by atoms with van der Waals surface area (Å²) in [5, 5.41) is 8.58. The van der Waals surface area contributed by atoms with Gasteiger partial charge >= 0.3 is 0 Å². The Morgan fingerprint density at radius 3 is 2.45 bits per heavy atom. The molecule has 1 saturated heterocycles. The smallest absolute Gasteiger partial charge is 0.238 e. The first kappa shape index (κ1) is 13.9. The summed E-state index contributed by atoms with van der Waals surface area (Å²) < 4.78 is 22.4. The Morgan fingerprint density at radius 2 is 1.90 bits per heavy atom. The van der Waals surface area contributed by atoms with Gasteiger partial charge in [-0.25, -0.2) is 13.6 Å². The van der Waals surface area contributed by atoms with E-state index in [1.54, 1.807) is 24.3 Å². The van der Waals surface area contributed by atoms with Crippen LogP contribution in [0.15, 0.2) is 29.2 Å². The number of primary sulfonamides is 1. The highest BCUT2D eigenvalue weighted by molar-refractivity contribution is 7.89. The summed E-state index contributed by atoms with van der Waals surface area (Å²) in [7, 11) is -3.60. The summed E-state index contributed by atoms with van der Waals surface area (Å²) in [4.78, 5) is 2.73. The molecule has 3 N–H and O–H groups in total. The molecule has 1 saturated carbocycles. The third-order valence-electron chi connectivity index (χ3n) is 4.19. The van der Waals surface area contributed by atoms with E-state index in [4.69, 9.17) is 5.14 Å². The molecule has 2 atom stereocenters. The van der Waals surface area contributed by atoms with Gasteiger partial charge in [-0.1, -0.05) is 0 Å². The average molecular weight is 295 g/mol. The van der Waals surface area contributed by atoms with E-state index in [-0.39, 0.29) is 4.90 Å². The number of rotatable bonds is 4. The van der Waals surface area contributed by atoms with Crippen LogP contribution in [-0.2, 0) is 10.0 Å². The maximum atomic E-state index is 11.2. The third kappa shape index (κ3) is 2.97. The Bertz CT molecular complexity index is 581. The summed E-state index contributed by atoms with van der Waals surface area (Å²) in [6.45, 7) is 3.35. The van der Waals surface area contributed by atoms with Crippen LogP contribution in [0.1, 0.15) is 26.2 Å². The zero-order valence-corrected chi connectivity index (χ0v) is 12.4. The number of hydrogen-bond acceptors (Lipinski definition) is 4. The summed E-state index contributed by atoms with van der Waals surface area (Å²) >= 11 is 0. The first-order chi connectivity index (χ1) is 9.43. The Morgan fingerprint density at radius 1 is 1.25 bits per heavy atom. The second-order valence-electron chi connectivity index (χ2n) is 5.92. The largest absolute Gasteiger partial charge is 0.381 e. The molecule has 2 unspecified atom stereocenters. The van der Waals surface area contributed by atoms with Crippen LogP contribution in [-0.4, -0.2) is 38.0 Å². The number of nitrogens with one attached hydrogen (secondary N) is 1. The van der Waals surface area contributed by atoms with Crippen LogP contribution in [0.4, 0.5) is 5.69 Å². The maximum absolute atomic E-state index is 11.2. The Hall–Kier alpha value is -1.11. The van der Waals surface area contributed by atoms with E-state index in [1.807, 2.05) is 0 Å². The molecule has 2 aliphatic rings. The van der Waals surface area contributed by atoms with E-state index in [1.165, 1.54) is 12.8 Å². The summed E-state index contributed by atoms with van der Waals surface area (Å²) in [6.07, 6.45) is 3.80. The predicted octanol–water partition coefficient (Wildman–Crippen LogP) is 1.37. The molecule has 1 aliphatic heterocycles. The number of sulfonamides is 1. The van der Waals surface area contributed by atoms with Crippen molar-refractivity contribution in [2.24, 2.45) is 5.14 Å². The lowest BCUT2D eigenvalue weighted by Crippen LogP contribution is -2.31. The van der Waals surface area contributed by atoms with Gasteiger partial charge in [0.15, 0.2) is 0 Å². The van der Waals surface area contributed by atoms with Gasteiger partial charge in [-0.05, 0) is 50.5 Å². The number of likely N-dealkylation sites (tertiary alicyclic amines) is 1. The summed E-state index contributed by atoms with van der Waals surface area (Å²) in [6, 6.07) is 8.52. The molecule has 0 aromatic heterocycles. The Balaban J connectivity index is 1.63. The highest BCUT2D eigenvalue weighted by Gasteiger charge is 2.38. The molecule has 2 fully saturated rings. The van der Waals surface area contributed by atoms with E-state index in [2.05, 4.69) is 17.1 Å². The molecule has 6 heteroatoms. The SMILES string of the molecule is CC1CC(Nc2ccc(S(N)(=O)=O)cc2)CN1C1CC1. The van der Waals surface area contributed by atoms with Crippen LogP contribution in [0.2, 0.25) is 0 Å². The lowest BCUT2D eigenvalue weighted by Gasteiger charge is -2.20. The molecule has 1 aromatic carbocycles. The highest BCUT2D eigenvalue weighted by atomic mass is 32.2. The predicted molar refractivity (Wildman–Crippen MR) is 79.0 cm³/mol. The van der Waals surface area contributed by atoms with Crippen LogP contribution in [0.25, 0.3) is 0 Å². The van der Waals surface area contributed by atoms with Crippen LogP contribution in [0, 0.1) is 0 Å². The lowest BCUT2D eigenvalue weighted by molar-refractivity contribution is 0.257. The van der Waals surface area contributed by atoms with Crippen molar-refractivity contribution < 1.29 is 8.42 Å². The number of nitrogens with two attached hydrogens (primary N) is 1. The lowest BCUT2D eigenvalue weighted by atomic mass is 10.2. The molecule has 1 aliphatic carbocycles. The normalized spacial score (nSPS) is 27.7. The van der Waals surface area contributed by atoms with Gasteiger partial charge in [-0.2, -0.15) is 0 Å². The fourth-order valence-corrected chi connectivity index (χ4v) is 3.57. The van der Waals surface area contributed by atoms with Crippen molar-refractivity contribution >= 4 is 15.7 Å². The van der Waals surface area contributed by atoms with Gasteiger partial charge < -0.3 is 5.32 Å². The van der Waals surface area contributed by atoms with E-state index in [0.717, 1.165) is 24.7 Å². The van der Waals surface area contributed by atoms with Crippen molar-refractivity contribution in [1.29, 1.82) is 0 Å². The van der Waals surface area contributed by atoms with Crippen molar-refractivity contribution in [3.8, 4) is 0 Å². The van der Waals surface area contributed by atoms with Gasteiger partial charge in [0, 0.05) is 30.4 Å². The molecule has 1 aromatic rings. The fourth-order valence-electron chi connectivity index (χ4n) is 3.05. The second kappa shape index (κ2) is 5.02. The number of anilines is 1. The second-order valence-corrected chi connectivity index (χ2v) is 7.48. The zero-order valence-electron chi connectivity index (χ0n) is 11.6. The minimum atomic E-state index is -3.60. The van der Waals surface area contributed by atoms with Crippen LogP contribution < -0.4 is 10.5 Å². The van der Waals surface area contributed by atoms with Gasteiger partial charge in [0.2, 0.25) is 10.0 Å². The average Bonchev–Trinajstić information content (AvgIpc) is 3.14. The molecule has 3 rings (SSSR count). The van der Waals surface area contributed by atoms with Gasteiger partial charge in [0.1, 0.15) is 0 Å².